The molecule has 0 radical (unpaired) electrons. The van der Waals surface area contributed by atoms with Gasteiger partial charge in [0.2, 0.25) is 0 Å². The highest BCUT2D eigenvalue weighted by molar-refractivity contribution is 5.81. The fourth-order valence-electron chi connectivity index (χ4n) is 1.90. The van der Waals surface area contributed by atoms with Crippen molar-refractivity contribution < 1.29 is 9.53 Å². The van der Waals surface area contributed by atoms with Gasteiger partial charge in [-0.3, -0.25) is 4.79 Å². The molecule has 1 aliphatic rings. The summed E-state index contributed by atoms with van der Waals surface area (Å²) in [6.07, 6.45) is 1.64. The molecule has 1 amide bonds. The van der Waals surface area contributed by atoms with Crippen LogP contribution in [0.3, 0.4) is 0 Å². The number of hydrogen-bond donors (Lipinski definition) is 1. The number of likely N-dealkylation sites (N-methyl/N-ethyl adjacent to an activating group) is 1. The molecule has 1 rings (SSSR count). The number of carbonyl (C=O) groups is 1. The summed E-state index contributed by atoms with van der Waals surface area (Å²) in [4.78, 5) is 14.0. The Morgan fingerprint density at radius 1 is 1.56 bits per heavy atom. The second-order valence-corrected chi connectivity index (χ2v) is 5.22. The van der Waals surface area contributed by atoms with Crippen molar-refractivity contribution in [2.45, 2.75) is 39.7 Å². The van der Waals surface area contributed by atoms with Crippen molar-refractivity contribution in [3.8, 4) is 0 Å². The maximum absolute atomic E-state index is 12.1. The van der Waals surface area contributed by atoms with Crippen molar-refractivity contribution >= 4 is 5.91 Å². The summed E-state index contributed by atoms with van der Waals surface area (Å²) < 4.78 is 5.42. The van der Waals surface area contributed by atoms with E-state index in [1.807, 2.05) is 11.8 Å². The molecule has 0 saturated carbocycles. The van der Waals surface area contributed by atoms with Crippen LogP contribution in [0.4, 0.5) is 0 Å². The molecule has 94 valence electrons. The summed E-state index contributed by atoms with van der Waals surface area (Å²) in [6.45, 7) is 8.90. The normalized spacial score (nSPS) is 21.1. The molecule has 1 aliphatic heterocycles. The van der Waals surface area contributed by atoms with Crippen LogP contribution in [-0.4, -0.2) is 43.2 Å². The molecule has 4 nitrogen and oxygen atoms in total. The van der Waals surface area contributed by atoms with Crippen LogP contribution in [0, 0.1) is 5.41 Å². The van der Waals surface area contributed by atoms with E-state index in [0.717, 1.165) is 19.4 Å². The average molecular weight is 228 g/mol. The highest BCUT2D eigenvalue weighted by atomic mass is 16.5. The quantitative estimate of drug-likeness (QED) is 0.763. The monoisotopic (exact) mass is 228 g/mol. The van der Waals surface area contributed by atoms with Crippen molar-refractivity contribution in [3.63, 3.8) is 0 Å². The van der Waals surface area contributed by atoms with Gasteiger partial charge in [0.15, 0.2) is 0 Å². The van der Waals surface area contributed by atoms with Crippen LogP contribution in [0.1, 0.15) is 33.6 Å². The summed E-state index contributed by atoms with van der Waals surface area (Å²) >= 11 is 0. The lowest BCUT2D eigenvalue weighted by Gasteiger charge is -2.32. The van der Waals surface area contributed by atoms with Gasteiger partial charge in [0.05, 0.1) is 0 Å². The first-order chi connectivity index (χ1) is 7.50. The minimum absolute atomic E-state index is 0.0235. The zero-order chi connectivity index (χ0) is 12.2. The predicted molar refractivity (Wildman–Crippen MR) is 64.1 cm³/mol. The van der Waals surface area contributed by atoms with Crippen LogP contribution in [0.5, 0.6) is 0 Å². The van der Waals surface area contributed by atoms with Crippen LogP contribution in [-0.2, 0) is 9.53 Å². The van der Waals surface area contributed by atoms with Gasteiger partial charge in [-0.25, -0.2) is 0 Å². The molecule has 1 saturated heterocycles. The molecule has 0 aromatic heterocycles. The second-order valence-electron chi connectivity index (χ2n) is 5.22. The SMILES string of the molecule is CCN(CC(C)(C)CN)C(=O)C1CCCO1. The van der Waals surface area contributed by atoms with Gasteiger partial charge in [0, 0.05) is 19.7 Å². The van der Waals surface area contributed by atoms with E-state index in [9.17, 15) is 4.79 Å². The molecule has 1 unspecified atom stereocenters. The molecule has 0 bridgehead atoms. The van der Waals surface area contributed by atoms with E-state index in [1.165, 1.54) is 0 Å². The summed E-state index contributed by atoms with van der Waals surface area (Å²) in [6, 6.07) is 0. The molecule has 0 aromatic rings. The summed E-state index contributed by atoms with van der Waals surface area (Å²) in [5.74, 6) is 0.126. The third kappa shape index (κ3) is 3.46. The number of nitrogens with two attached hydrogens (primary N) is 1. The number of amides is 1. The minimum Gasteiger partial charge on any atom is -0.368 e. The van der Waals surface area contributed by atoms with Gasteiger partial charge >= 0.3 is 0 Å². The topological polar surface area (TPSA) is 55.6 Å². The third-order valence-corrected chi connectivity index (χ3v) is 3.07. The van der Waals surface area contributed by atoms with Crippen LogP contribution < -0.4 is 5.73 Å². The number of nitrogens with zero attached hydrogens (tertiary/aromatic N) is 1. The summed E-state index contributed by atoms with van der Waals surface area (Å²) in [7, 11) is 0. The van der Waals surface area contributed by atoms with E-state index in [-0.39, 0.29) is 17.4 Å². The van der Waals surface area contributed by atoms with Crippen LogP contribution in [0.15, 0.2) is 0 Å². The Morgan fingerprint density at radius 3 is 2.69 bits per heavy atom. The molecule has 0 aliphatic carbocycles. The van der Waals surface area contributed by atoms with Gasteiger partial charge < -0.3 is 15.4 Å². The van der Waals surface area contributed by atoms with Gasteiger partial charge in [0.25, 0.3) is 5.91 Å². The van der Waals surface area contributed by atoms with E-state index in [2.05, 4.69) is 13.8 Å². The molecule has 4 heteroatoms. The summed E-state index contributed by atoms with van der Waals surface area (Å²) in [5.41, 5.74) is 5.67. The Labute approximate surface area is 98.1 Å². The van der Waals surface area contributed by atoms with Crippen LogP contribution in [0.25, 0.3) is 0 Å². The van der Waals surface area contributed by atoms with Crippen LogP contribution in [0.2, 0.25) is 0 Å². The highest BCUT2D eigenvalue weighted by Crippen LogP contribution is 2.19. The Bertz CT molecular complexity index is 235. The first kappa shape index (κ1) is 13.5. The first-order valence-electron chi connectivity index (χ1n) is 6.10. The number of hydrogen-bond acceptors (Lipinski definition) is 3. The lowest BCUT2D eigenvalue weighted by atomic mass is 9.93. The molecular formula is C12H24N2O2. The Balaban J connectivity index is 2.56. The zero-order valence-corrected chi connectivity index (χ0v) is 10.7. The van der Waals surface area contributed by atoms with E-state index in [0.29, 0.717) is 19.7 Å². The largest absolute Gasteiger partial charge is 0.368 e. The molecule has 1 fully saturated rings. The maximum Gasteiger partial charge on any atom is 0.251 e. The zero-order valence-electron chi connectivity index (χ0n) is 10.7. The lowest BCUT2D eigenvalue weighted by Crippen LogP contribution is -2.45. The van der Waals surface area contributed by atoms with E-state index in [4.69, 9.17) is 10.5 Å². The second kappa shape index (κ2) is 5.64. The molecule has 0 spiro atoms. The molecule has 0 aromatic carbocycles. The minimum atomic E-state index is -0.214. The fourth-order valence-corrected chi connectivity index (χ4v) is 1.90. The van der Waals surface area contributed by atoms with E-state index in [1.54, 1.807) is 0 Å². The molecule has 2 N–H and O–H groups in total. The Kier molecular flexibility index (Phi) is 4.74. The molecule has 1 heterocycles. The molecular weight excluding hydrogens is 204 g/mol. The predicted octanol–water partition coefficient (Wildman–Crippen LogP) is 0.999. The maximum atomic E-state index is 12.1. The van der Waals surface area contributed by atoms with Gasteiger partial charge in [-0.1, -0.05) is 13.8 Å². The molecule has 1 atom stereocenters. The van der Waals surface area contributed by atoms with Gasteiger partial charge in [-0.05, 0) is 31.7 Å². The third-order valence-electron chi connectivity index (χ3n) is 3.07. The van der Waals surface area contributed by atoms with Crippen molar-refractivity contribution in [1.82, 2.24) is 4.90 Å². The van der Waals surface area contributed by atoms with Crippen molar-refractivity contribution in [1.29, 1.82) is 0 Å². The van der Waals surface area contributed by atoms with Crippen LogP contribution >= 0.6 is 0 Å². The number of ether oxygens (including phenoxy) is 1. The van der Waals surface area contributed by atoms with Crippen molar-refractivity contribution in [3.05, 3.63) is 0 Å². The van der Waals surface area contributed by atoms with Crippen molar-refractivity contribution in [2.75, 3.05) is 26.2 Å². The first-order valence-corrected chi connectivity index (χ1v) is 6.10. The highest BCUT2D eigenvalue weighted by Gasteiger charge is 2.30. The number of rotatable bonds is 5. The van der Waals surface area contributed by atoms with E-state index < -0.39 is 0 Å². The number of carbonyl (C=O) groups excluding carboxylic acids is 1. The fraction of sp³-hybridized carbons (Fsp3) is 0.917. The summed E-state index contributed by atoms with van der Waals surface area (Å²) in [5, 5.41) is 0. The van der Waals surface area contributed by atoms with E-state index >= 15 is 0 Å². The average Bonchev–Trinajstić information content (AvgIpc) is 2.78. The van der Waals surface area contributed by atoms with Gasteiger partial charge in [-0.15, -0.1) is 0 Å². The molecule has 16 heavy (non-hydrogen) atoms. The smallest absolute Gasteiger partial charge is 0.251 e. The van der Waals surface area contributed by atoms with Gasteiger partial charge in [-0.2, -0.15) is 0 Å². The lowest BCUT2D eigenvalue weighted by molar-refractivity contribution is -0.142. The van der Waals surface area contributed by atoms with Gasteiger partial charge in [0.1, 0.15) is 6.10 Å². The Hall–Kier alpha value is -0.610. The van der Waals surface area contributed by atoms with Crippen molar-refractivity contribution in [2.24, 2.45) is 11.1 Å². The Morgan fingerprint density at radius 2 is 2.25 bits per heavy atom. The standard InChI is InChI=1S/C12H24N2O2/c1-4-14(9-12(2,3)8-13)11(15)10-6-5-7-16-10/h10H,4-9,13H2,1-3H3.